The number of hydrogen-bond donors (Lipinski definition) is 1. The van der Waals surface area contributed by atoms with E-state index in [1.54, 1.807) is 13.8 Å². The maximum absolute atomic E-state index is 11.6. The summed E-state index contributed by atoms with van der Waals surface area (Å²) in [6, 6.07) is 0. The van der Waals surface area contributed by atoms with Crippen molar-refractivity contribution in [1.29, 1.82) is 0 Å². The van der Waals surface area contributed by atoms with Crippen LogP contribution >= 0.6 is 0 Å². The highest BCUT2D eigenvalue weighted by Crippen LogP contribution is 2.23. The van der Waals surface area contributed by atoms with Crippen LogP contribution < -0.4 is 0 Å². The zero-order valence-electron chi connectivity index (χ0n) is 12.8. The number of sulfonamides is 1. The Balaban J connectivity index is 2.74. The van der Waals surface area contributed by atoms with Crippen LogP contribution in [-0.2, 0) is 14.8 Å². The van der Waals surface area contributed by atoms with Crippen LogP contribution in [-0.4, -0.2) is 66.7 Å². The monoisotopic (exact) mass is 306 g/mol. The Morgan fingerprint density at radius 1 is 1.45 bits per heavy atom. The lowest BCUT2D eigenvalue weighted by atomic mass is 9.95. The van der Waals surface area contributed by atoms with Gasteiger partial charge in [0, 0.05) is 19.6 Å². The molecular formula is C13H26N2O4S. The highest BCUT2D eigenvalue weighted by molar-refractivity contribution is 7.88. The molecule has 0 aromatic rings. The topological polar surface area (TPSA) is 77.9 Å². The molecule has 1 N–H and O–H groups in total. The van der Waals surface area contributed by atoms with E-state index in [1.807, 2.05) is 11.8 Å². The van der Waals surface area contributed by atoms with Gasteiger partial charge in [-0.3, -0.25) is 9.69 Å². The van der Waals surface area contributed by atoms with Crippen molar-refractivity contribution in [1.82, 2.24) is 9.21 Å². The average molecular weight is 306 g/mol. The van der Waals surface area contributed by atoms with Crippen molar-refractivity contribution in [2.45, 2.75) is 39.2 Å². The third-order valence-electron chi connectivity index (χ3n) is 4.12. The summed E-state index contributed by atoms with van der Waals surface area (Å²) in [6.07, 6.45) is 3.01. The third-order valence-corrected chi connectivity index (χ3v) is 5.39. The second-order valence-electron chi connectivity index (χ2n) is 6.03. The van der Waals surface area contributed by atoms with Crippen LogP contribution in [0.15, 0.2) is 0 Å². The van der Waals surface area contributed by atoms with E-state index in [4.69, 9.17) is 0 Å². The summed E-state index contributed by atoms with van der Waals surface area (Å²) in [5, 5.41) is 9.31. The van der Waals surface area contributed by atoms with E-state index in [-0.39, 0.29) is 5.92 Å². The van der Waals surface area contributed by atoms with Crippen molar-refractivity contribution in [3.05, 3.63) is 0 Å². The first-order valence-corrected chi connectivity index (χ1v) is 8.87. The zero-order chi connectivity index (χ0) is 15.6. The van der Waals surface area contributed by atoms with Gasteiger partial charge in [-0.2, -0.15) is 0 Å². The Kier molecular flexibility index (Phi) is 5.57. The summed E-state index contributed by atoms with van der Waals surface area (Å²) in [5.74, 6) is -0.660. The summed E-state index contributed by atoms with van der Waals surface area (Å²) in [7, 11) is -3.15. The molecule has 1 aliphatic rings. The summed E-state index contributed by atoms with van der Waals surface area (Å²) in [4.78, 5) is 13.2. The van der Waals surface area contributed by atoms with Gasteiger partial charge in [0.15, 0.2) is 0 Å². The highest BCUT2D eigenvalue weighted by atomic mass is 32.2. The lowest BCUT2D eigenvalue weighted by molar-refractivity contribution is -0.149. The maximum atomic E-state index is 11.6. The number of aliphatic carboxylic acids is 1. The smallest absolute Gasteiger partial charge is 0.323 e. The first-order valence-electron chi connectivity index (χ1n) is 7.02. The molecule has 0 spiro atoms. The fourth-order valence-electron chi connectivity index (χ4n) is 2.68. The summed E-state index contributed by atoms with van der Waals surface area (Å²) < 4.78 is 24.7. The Morgan fingerprint density at radius 2 is 2.05 bits per heavy atom. The Hall–Kier alpha value is -0.660. The molecule has 1 atom stereocenters. The van der Waals surface area contributed by atoms with E-state index < -0.39 is 21.5 Å². The number of hydrogen-bond acceptors (Lipinski definition) is 4. The van der Waals surface area contributed by atoms with E-state index in [0.29, 0.717) is 26.2 Å². The number of carboxylic acids is 1. The minimum Gasteiger partial charge on any atom is -0.480 e. The summed E-state index contributed by atoms with van der Waals surface area (Å²) in [6.45, 7) is 7.62. The molecule has 0 aromatic carbocycles. The van der Waals surface area contributed by atoms with Crippen LogP contribution in [0.25, 0.3) is 0 Å². The zero-order valence-corrected chi connectivity index (χ0v) is 13.6. The number of carbonyl (C=O) groups is 1. The average Bonchev–Trinajstić information content (AvgIpc) is 2.34. The van der Waals surface area contributed by atoms with Gasteiger partial charge < -0.3 is 5.11 Å². The maximum Gasteiger partial charge on any atom is 0.323 e. The van der Waals surface area contributed by atoms with Gasteiger partial charge in [-0.25, -0.2) is 12.7 Å². The van der Waals surface area contributed by atoms with Gasteiger partial charge >= 0.3 is 5.97 Å². The second-order valence-corrected chi connectivity index (χ2v) is 8.01. The van der Waals surface area contributed by atoms with Gasteiger partial charge in [-0.15, -0.1) is 0 Å². The molecule has 0 amide bonds. The normalized spacial score (nSPS) is 22.1. The summed E-state index contributed by atoms with van der Waals surface area (Å²) in [5.41, 5.74) is -0.928. The molecule has 7 heteroatoms. The van der Waals surface area contributed by atoms with E-state index >= 15 is 0 Å². The molecule has 1 unspecified atom stereocenters. The number of nitrogens with zero attached hydrogens (tertiary/aromatic N) is 2. The van der Waals surface area contributed by atoms with Crippen LogP contribution in [0.3, 0.4) is 0 Å². The van der Waals surface area contributed by atoms with Crippen molar-refractivity contribution in [3.8, 4) is 0 Å². The van der Waals surface area contributed by atoms with E-state index in [9.17, 15) is 18.3 Å². The van der Waals surface area contributed by atoms with Crippen molar-refractivity contribution in [2.75, 3.05) is 32.4 Å². The third kappa shape index (κ3) is 4.17. The minimum absolute atomic E-state index is 0.192. The van der Waals surface area contributed by atoms with Crippen molar-refractivity contribution < 1.29 is 18.3 Å². The molecule has 1 heterocycles. The highest BCUT2D eigenvalue weighted by Gasteiger charge is 2.36. The molecule has 1 fully saturated rings. The summed E-state index contributed by atoms with van der Waals surface area (Å²) >= 11 is 0. The molecule has 6 nitrogen and oxygen atoms in total. The van der Waals surface area contributed by atoms with Crippen LogP contribution in [0.2, 0.25) is 0 Å². The molecule has 118 valence electrons. The van der Waals surface area contributed by atoms with Crippen LogP contribution in [0.4, 0.5) is 0 Å². The van der Waals surface area contributed by atoms with Crippen LogP contribution in [0.5, 0.6) is 0 Å². The Labute approximate surface area is 121 Å². The molecule has 1 rings (SSSR count). The predicted molar refractivity (Wildman–Crippen MR) is 78.1 cm³/mol. The van der Waals surface area contributed by atoms with Gasteiger partial charge in [0.2, 0.25) is 10.0 Å². The van der Waals surface area contributed by atoms with Crippen LogP contribution in [0, 0.1) is 5.92 Å². The van der Waals surface area contributed by atoms with E-state index in [0.717, 1.165) is 12.8 Å². The molecule has 1 saturated heterocycles. The number of piperidine rings is 1. The van der Waals surface area contributed by atoms with Gasteiger partial charge in [0.05, 0.1) is 6.26 Å². The van der Waals surface area contributed by atoms with E-state index in [1.165, 1.54) is 10.6 Å². The molecule has 0 bridgehead atoms. The van der Waals surface area contributed by atoms with Gasteiger partial charge in [-0.1, -0.05) is 6.92 Å². The predicted octanol–water partition coefficient (Wildman–Crippen LogP) is 0.843. The molecule has 0 aromatic heterocycles. The molecule has 0 radical (unpaired) electrons. The molecule has 20 heavy (non-hydrogen) atoms. The molecule has 0 aliphatic carbocycles. The largest absolute Gasteiger partial charge is 0.480 e. The lowest BCUT2D eigenvalue weighted by Gasteiger charge is -2.39. The number of carboxylic acid groups (broad SMARTS) is 1. The van der Waals surface area contributed by atoms with Crippen molar-refractivity contribution >= 4 is 16.0 Å². The number of rotatable bonds is 6. The van der Waals surface area contributed by atoms with Gasteiger partial charge in [0.1, 0.15) is 5.54 Å². The van der Waals surface area contributed by atoms with Crippen molar-refractivity contribution in [3.63, 3.8) is 0 Å². The first-order chi connectivity index (χ1) is 9.09. The van der Waals surface area contributed by atoms with Gasteiger partial charge in [-0.05, 0) is 39.2 Å². The minimum atomic E-state index is -3.15. The van der Waals surface area contributed by atoms with Crippen LogP contribution in [0.1, 0.15) is 33.6 Å². The lowest BCUT2D eigenvalue weighted by Crippen LogP contribution is -2.53. The first kappa shape index (κ1) is 17.4. The number of likely N-dealkylation sites (N-methyl/N-ethyl adjacent to an activating group) is 1. The molecule has 0 saturated carbocycles. The van der Waals surface area contributed by atoms with E-state index in [2.05, 4.69) is 0 Å². The Morgan fingerprint density at radius 3 is 2.50 bits per heavy atom. The fourth-order valence-corrected chi connectivity index (χ4v) is 3.62. The van der Waals surface area contributed by atoms with Crippen molar-refractivity contribution in [2.24, 2.45) is 5.92 Å². The second kappa shape index (κ2) is 6.41. The fraction of sp³-hybridized carbons (Fsp3) is 0.923. The molecule has 1 aliphatic heterocycles. The Bertz CT molecular complexity index is 447. The SMILES string of the molecule is CCN(CC1CCCN(S(C)(=O)=O)C1)C(C)(C)C(=O)O. The standard InChI is InChI=1S/C13H26N2O4S/c1-5-14(13(2,3)12(16)17)9-11-7-6-8-15(10-11)20(4,18)19/h11H,5-10H2,1-4H3,(H,16,17). The molecular weight excluding hydrogens is 280 g/mol. The van der Waals surface area contributed by atoms with Gasteiger partial charge in [0.25, 0.3) is 0 Å². The quantitative estimate of drug-likeness (QED) is 0.787.